The van der Waals surface area contributed by atoms with Gasteiger partial charge >= 0.3 is 17.1 Å². The molecule has 0 saturated carbocycles. The number of carbonyl (C=O) groups is 4. The van der Waals surface area contributed by atoms with Gasteiger partial charge in [-0.25, -0.2) is 0 Å². The van der Waals surface area contributed by atoms with E-state index in [2.05, 4.69) is 21.3 Å². The molecule has 0 bridgehead atoms. The Morgan fingerprint density at radius 1 is 0.718 bits per heavy atom. The van der Waals surface area contributed by atoms with Crippen LogP contribution in [0.1, 0.15) is 22.3 Å². The van der Waals surface area contributed by atoms with Gasteiger partial charge in [-0.3, -0.25) is 9.59 Å². The van der Waals surface area contributed by atoms with Crippen LogP contribution in [0, 0.1) is 0 Å². The van der Waals surface area contributed by atoms with Crippen LogP contribution in [0.3, 0.4) is 0 Å². The van der Waals surface area contributed by atoms with Crippen LogP contribution in [0.25, 0.3) is 0 Å². The molecule has 39 heavy (non-hydrogen) atoms. The molecule has 4 atom stereocenters. The Morgan fingerprint density at radius 2 is 1.05 bits per heavy atom. The number of aliphatic hydroxyl groups excluding tert-OH is 2. The number of rotatable bonds is 8. The van der Waals surface area contributed by atoms with Gasteiger partial charge in [-0.1, -0.05) is 48.5 Å². The van der Waals surface area contributed by atoms with Crippen molar-refractivity contribution in [1.29, 1.82) is 0 Å². The van der Waals surface area contributed by atoms with Crippen LogP contribution < -0.4 is 31.5 Å². The molecule has 2 aromatic rings. The number of carboxylic acids is 2. The van der Waals surface area contributed by atoms with Gasteiger partial charge in [-0.05, 0) is 35.1 Å². The van der Waals surface area contributed by atoms with Crippen LogP contribution in [0.15, 0.2) is 48.5 Å². The molecular formula is C26H30CuN4O8. The molecular weight excluding hydrogens is 560 g/mol. The first kappa shape index (κ1) is 31.9. The van der Waals surface area contributed by atoms with Crippen molar-refractivity contribution >= 4 is 23.8 Å². The molecule has 0 aliphatic carbocycles. The second kappa shape index (κ2) is 15.3. The molecule has 2 heterocycles. The first-order chi connectivity index (χ1) is 18.2. The van der Waals surface area contributed by atoms with E-state index in [0.29, 0.717) is 25.9 Å². The molecule has 2 aliphatic rings. The zero-order chi connectivity index (χ0) is 27.7. The second-order valence-corrected chi connectivity index (χ2v) is 8.94. The maximum Gasteiger partial charge on any atom is 2.00 e. The van der Waals surface area contributed by atoms with E-state index in [1.165, 1.54) is 0 Å². The van der Waals surface area contributed by atoms with Crippen molar-refractivity contribution in [3.05, 3.63) is 70.8 Å². The van der Waals surface area contributed by atoms with Crippen LogP contribution >= 0.6 is 0 Å². The first-order valence-corrected chi connectivity index (χ1v) is 12.1. The van der Waals surface area contributed by atoms with E-state index in [1.54, 1.807) is 0 Å². The minimum absolute atomic E-state index is 0. The van der Waals surface area contributed by atoms with Gasteiger partial charge < -0.3 is 51.3 Å². The van der Waals surface area contributed by atoms with Crippen LogP contribution in [-0.2, 0) is 62.2 Å². The third-order valence-electron chi connectivity index (χ3n) is 6.36. The summed E-state index contributed by atoms with van der Waals surface area (Å²) in [5.74, 6) is -3.88. The summed E-state index contributed by atoms with van der Waals surface area (Å²) in [5.41, 5.74) is 4.39. The molecule has 0 fully saturated rings. The predicted octanol–water partition coefficient (Wildman–Crippen LogP) is -4.15. The molecule has 2 unspecified atom stereocenters. The largest absolute Gasteiger partial charge is 2.00 e. The fourth-order valence-corrected chi connectivity index (χ4v) is 4.18. The first-order valence-electron chi connectivity index (χ1n) is 12.1. The Kier molecular flexibility index (Phi) is 12.5. The van der Waals surface area contributed by atoms with E-state index in [1.807, 2.05) is 48.5 Å². The molecule has 2 amide bonds. The summed E-state index contributed by atoms with van der Waals surface area (Å²) in [6.07, 6.45) is 0.987. The summed E-state index contributed by atoms with van der Waals surface area (Å²) in [4.78, 5) is 45.1. The number of aliphatic carboxylic acids is 2. The van der Waals surface area contributed by atoms with Crippen molar-refractivity contribution in [1.82, 2.24) is 21.3 Å². The summed E-state index contributed by atoms with van der Waals surface area (Å²) in [6, 6.07) is 11.8. The van der Waals surface area contributed by atoms with Gasteiger partial charge in [-0.15, -0.1) is 0 Å². The Labute approximate surface area is 235 Å². The monoisotopic (exact) mass is 589 g/mol. The van der Waals surface area contributed by atoms with Crippen molar-refractivity contribution in [3.8, 4) is 0 Å². The van der Waals surface area contributed by atoms with Crippen molar-refractivity contribution in [2.45, 2.75) is 50.1 Å². The van der Waals surface area contributed by atoms with Gasteiger partial charge in [0.25, 0.3) is 0 Å². The molecule has 0 saturated heterocycles. The van der Waals surface area contributed by atoms with Crippen LogP contribution in [-0.4, -0.2) is 71.3 Å². The van der Waals surface area contributed by atoms with Gasteiger partial charge in [-0.2, -0.15) is 0 Å². The average molecular weight is 590 g/mol. The Bertz CT molecular complexity index is 1070. The molecule has 12 nitrogen and oxygen atoms in total. The van der Waals surface area contributed by atoms with Gasteiger partial charge in [0, 0.05) is 13.1 Å². The number of fused-ring (bicyclic) bond motifs is 2. The maximum atomic E-state index is 11.9. The number of carboxylic acid groups (broad SMARTS) is 2. The van der Waals surface area contributed by atoms with Gasteiger partial charge in [0.2, 0.25) is 11.8 Å². The summed E-state index contributed by atoms with van der Waals surface area (Å²) < 4.78 is 0. The van der Waals surface area contributed by atoms with Crippen LogP contribution in [0.2, 0.25) is 0 Å². The minimum atomic E-state index is -1.49. The number of hydrogen-bond donors (Lipinski definition) is 6. The summed E-state index contributed by atoms with van der Waals surface area (Å²) in [6.45, 7) is -0.249. The fraction of sp³-hybridized carbons (Fsp3) is 0.385. The molecule has 1 radical (unpaired) electrons. The number of hydrogen-bond acceptors (Lipinski definition) is 10. The summed E-state index contributed by atoms with van der Waals surface area (Å²) in [7, 11) is 0. The third kappa shape index (κ3) is 8.85. The van der Waals surface area contributed by atoms with E-state index in [4.69, 9.17) is 10.2 Å². The molecule has 0 spiro atoms. The van der Waals surface area contributed by atoms with E-state index >= 15 is 0 Å². The topological polar surface area (TPSA) is 203 Å². The zero-order valence-electron chi connectivity index (χ0n) is 20.8. The van der Waals surface area contributed by atoms with E-state index < -0.39 is 61.1 Å². The zero-order valence-corrected chi connectivity index (χ0v) is 21.8. The molecule has 2 aliphatic heterocycles. The molecule has 0 aromatic heterocycles. The molecule has 4 rings (SSSR count). The van der Waals surface area contributed by atoms with E-state index in [0.717, 1.165) is 22.3 Å². The smallest absolute Gasteiger partial charge is 0.548 e. The van der Waals surface area contributed by atoms with Gasteiger partial charge in [0.05, 0.1) is 49.3 Å². The number of aliphatic hydroxyl groups is 2. The summed E-state index contributed by atoms with van der Waals surface area (Å²) in [5, 5.41) is 49.6. The third-order valence-corrected chi connectivity index (χ3v) is 6.36. The minimum Gasteiger partial charge on any atom is -0.548 e. The van der Waals surface area contributed by atoms with E-state index in [9.17, 15) is 29.4 Å². The standard InChI is InChI=1S/2C13H16N2O4.Cu/c2*16-7-11(13(18)19)15-12(17)10-5-8-3-1-2-4-9(8)6-14-10;/h2*1-4,10-11,14,16H,5-7H2,(H,15,17)(H,18,19);/q;;+2/p-2/t2*10-,11?;/m00./s1. The SMILES string of the molecule is O=C([O-])C(CO)NC(=O)[C@@H]1Cc2ccccc2CN1.O=C([O-])C(CO)NC(=O)[C@@H]1Cc2ccccc2CN1.[Cu+2]. The van der Waals surface area contributed by atoms with Crippen molar-refractivity contribution in [3.63, 3.8) is 0 Å². The normalized spacial score (nSPS) is 18.8. The van der Waals surface area contributed by atoms with Crippen molar-refractivity contribution in [2.75, 3.05) is 13.2 Å². The predicted molar refractivity (Wildman–Crippen MR) is 130 cm³/mol. The number of carbonyl (C=O) groups excluding carboxylic acids is 4. The second-order valence-electron chi connectivity index (χ2n) is 8.94. The van der Waals surface area contributed by atoms with Crippen molar-refractivity contribution in [2.24, 2.45) is 0 Å². The Morgan fingerprint density at radius 3 is 1.36 bits per heavy atom. The molecule has 13 heteroatoms. The number of nitrogens with one attached hydrogen (secondary N) is 4. The molecule has 6 N–H and O–H groups in total. The van der Waals surface area contributed by atoms with Crippen molar-refractivity contribution < 1.29 is 56.7 Å². The van der Waals surface area contributed by atoms with Gasteiger partial charge in [0.1, 0.15) is 0 Å². The van der Waals surface area contributed by atoms with E-state index in [-0.39, 0.29) is 17.1 Å². The maximum absolute atomic E-state index is 11.9. The van der Waals surface area contributed by atoms with Gasteiger partial charge in [0.15, 0.2) is 0 Å². The Balaban J connectivity index is 0.000000267. The fourth-order valence-electron chi connectivity index (χ4n) is 4.18. The van der Waals surface area contributed by atoms with Crippen LogP contribution in [0.5, 0.6) is 0 Å². The Hall–Kier alpha value is -3.32. The number of amides is 2. The van der Waals surface area contributed by atoms with Crippen LogP contribution in [0.4, 0.5) is 0 Å². The number of benzene rings is 2. The quantitative estimate of drug-likeness (QED) is 0.164. The molecule has 2 aromatic carbocycles. The summed E-state index contributed by atoms with van der Waals surface area (Å²) >= 11 is 0. The molecule has 213 valence electrons. The average Bonchev–Trinajstić information content (AvgIpc) is 2.93.